The zero-order valence-electron chi connectivity index (χ0n) is 12.1. The maximum Gasteiger partial charge on any atom is 0.323 e. The van der Waals surface area contributed by atoms with E-state index in [-0.39, 0.29) is 24.9 Å². The van der Waals surface area contributed by atoms with E-state index in [0.29, 0.717) is 5.75 Å². The van der Waals surface area contributed by atoms with Crippen LogP contribution < -0.4 is 4.74 Å². The number of amides is 1. The monoisotopic (exact) mass is 279 g/mol. The lowest BCUT2D eigenvalue weighted by atomic mass is 10.1. The van der Waals surface area contributed by atoms with E-state index in [2.05, 4.69) is 0 Å². The van der Waals surface area contributed by atoms with E-state index in [1.54, 1.807) is 19.2 Å². The molecule has 0 radical (unpaired) electrons. The Hall–Kier alpha value is -2.04. The van der Waals surface area contributed by atoms with Gasteiger partial charge in [0.25, 0.3) is 0 Å². The van der Waals surface area contributed by atoms with Crippen molar-refractivity contribution >= 4 is 11.9 Å². The molecule has 0 aliphatic rings. The third kappa shape index (κ3) is 4.57. The number of carboxylic acids is 1. The molecule has 1 unspecified atom stereocenters. The van der Waals surface area contributed by atoms with E-state index in [4.69, 9.17) is 9.84 Å². The van der Waals surface area contributed by atoms with E-state index in [9.17, 15) is 9.59 Å². The molecule has 20 heavy (non-hydrogen) atoms. The molecule has 1 N–H and O–H groups in total. The van der Waals surface area contributed by atoms with Crippen molar-refractivity contribution in [1.29, 1.82) is 0 Å². The summed E-state index contributed by atoms with van der Waals surface area (Å²) in [6, 6.07) is 7.14. The highest BCUT2D eigenvalue weighted by Gasteiger charge is 2.21. The van der Waals surface area contributed by atoms with Crippen molar-refractivity contribution in [2.45, 2.75) is 32.7 Å². The number of carbonyl (C=O) groups excluding carboxylic acids is 1. The van der Waals surface area contributed by atoms with Gasteiger partial charge < -0.3 is 14.7 Å². The summed E-state index contributed by atoms with van der Waals surface area (Å²) < 4.78 is 5.11. The largest absolute Gasteiger partial charge is 0.497 e. The molecule has 1 aromatic rings. The van der Waals surface area contributed by atoms with Gasteiger partial charge in [0.05, 0.1) is 13.5 Å². The molecule has 1 aromatic carbocycles. The van der Waals surface area contributed by atoms with Gasteiger partial charge in [-0.1, -0.05) is 19.1 Å². The second-order valence-corrected chi connectivity index (χ2v) is 4.70. The van der Waals surface area contributed by atoms with Crippen molar-refractivity contribution in [3.05, 3.63) is 29.8 Å². The molecule has 1 atom stereocenters. The van der Waals surface area contributed by atoms with Crippen molar-refractivity contribution in [3.63, 3.8) is 0 Å². The summed E-state index contributed by atoms with van der Waals surface area (Å²) >= 11 is 0. The highest BCUT2D eigenvalue weighted by Crippen LogP contribution is 2.15. The van der Waals surface area contributed by atoms with Crippen LogP contribution >= 0.6 is 0 Å². The van der Waals surface area contributed by atoms with Gasteiger partial charge in [0.15, 0.2) is 0 Å². The van der Waals surface area contributed by atoms with Crippen LogP contribution in [-0.2, 0) is 16.0 Å². The molecule has 0 aliphatic heterocycles. The number of hydrogen-bond donors (Lipinski definition) is 1. The van der Waals surface area contributed by atoms with Crippen LogP contribution in [0, 0.1) is 0 Å². The van der Waals surface area contributed by atoms with Crippen molar-refractivity contribution in [2.24, 2.45) is 0 Å². The molecule has 0 spiro atoms. The van der Waals surface area contributed by atoms with Gasteiger partial charge in [-0.2, -0.15) is 0 Å². The summed E-state index contributed by atoms with van der Waals surface area (Å²) in [5.74, 6) is -0.497. The number of hydrogen-bond acceptors (Lipinski definition) is 3. The fourth-order valence-corrected chi connectivity index (χ4v) is 1.91. The van der Waals surface area contributed by atoms with Gasteiger partial charge in [-0.15, -0.1) is 0 Å². The van der Waals surface area contributed by atoms with E-state index >= 15 is 0 Å². The zero-order valence-corrected chi connectivity index (χ0v) is 12.1. The van der Waals surface area contributed by atoms with E-state index < -0.39 is 5.97 Å². The Morgan fingerprint density at radius 3 is 2.65 bits per heavy atom. The summed E-state index contributed by atoms with van der Waals surface area (Å²) in [5, 5.41) is 8.91. The minimum atomic E-state index is -0.996. The van der Waals surface area contributed by atoms with E-state index in [1.807, 2.05) is 26.0 Å². The van der Waals surface area contributed by atoms with Gasteiger partial charge in [0.2, 0.25) is 5.91 Å². The van der Waals surface area contributed by atoms with Crippen molar-refractivity contribution in [3.8, 4) is 5.75 Å². The lowest BCUT2D eigenvalue weighted by molar-refractivity contribution is -0.145. The number of aliphatic carboxylic acids is 1. The Morgan fingerprint density at radius 1 is 1.40 bits per heavy atom. The quantitative estimate of drug-likeness (QED) is 0.828. The Morgan fingerprint density at radius 2 is 2.10 bits per heavy atom. The Balaban J connectivity index is 2.81. The predicted octanol–water partition coefficient (Wildman–Crippen LogP) is 1.95. The average molecular weight is 279 g/mol. The normalized spacial score (nSPS) is 11.8. The molecule has 0 bridgehead atoms. The molecule has 0 heterocycles. The maximum atomic E-state index is 12.3. The molecule has 0 saturated carbocycles. The average Bonchev–Trinajstić information content (AvgIpc) is 2.43. The molecular formula is C15H21NO4. The van der Waals surface area contributed by atoms with E-state index in [0.717, 1.165) is 12.0 Å². The minimum absolute atomic E-state index is 0.0933. The third-order valence-electron chi connectivity index (χ3n) is 3.24. The fourth-order valence-electron chi connectivity index (χ4n) is 1.91. The van der Waals surface area contributed by atoms with Crippen LogP contribution in [0.2, 0.25) is 0 Å². The van der Waals surface area contributed by atoms with Gasteiger partial charge in [0, 0.05) is 6.04 Å². The summed E-state index contributed by atoms with van der Waals surface area (Å²) in [6.07, 6.45) is 0.895. The Bertz CT molecular complexity index is 473. The summed E-state index contributed by atoms with van der Waals surface area (Å²) in [5.41, 5.74) is 0.813. The molecule has 5 nitrogen and oxygen atoms in total. The van der Waals surface area contributed by atoms with Crippen LogP contribution in [-0.4, -0.2) is 41.6 Å². The molecule has 0 aliphatic carbocycles. The predicted molar refractivity (Wildman–Crippen MR) is 75.8 cm³/mol. The van der Waals surface area contributed by atoms with Crippen LogP contribution in [0.5, 0.6) is 5.75 Å². The first kappa shape index (κ1) is 16.0. The summed E-state index contributed by atoms with van der Waals surface area (Å²) in [7, 11) is 1.57. The van der Waals surface area contributed by atoms with Gasteiger partial charge >= 0.3 is 5.97 Å². The van der Waals surface area contributed by atoms with Gasteiger partial charge in [-0.3, -0.25) is 9.59 Å². The van der Waals surface area contributed by atoms with E-state index in [1.165, 1.54) is 4.90 Å². The standard InChI is InChI=1S/C15H21NO4/c1-4-11(2)16(10-15(18)19)14(17)9-12-6-5-7-13(8-12)20-3/h5-8,11H,4,9-10H2,1-3H3,(H,18,19). The van der Waals surface area contributed by atoms with Crippen LogP contribution in [0.4, 0.5) is 0 Å². The molecule has 1 amide bonds. The number of ether oxygens (including phenoxy) is 1. The van der Waals surface area contributed by atoms with Crippen molar-refractivity contribution in [2.75, 3.05) is 13.7 Å². The highest BCUT2D eigenvalue weighted by atomic mass is 16.5. The van der Waals surface area contributed by atoms with Crippen LogP contribution in [0.15, 0.2) is 24.3 Å². The minimum Gasteiger partial charge on any atom is -0.497 e. The lowest BCUT2D eigenvalue weighted by Gasteiger charge is -2.27. The Labute approximate surface area is 119 Å². The van der Waals surface area contributed by atoms with Gasteiger partial charge in [-0.25, -0.2) is 0 Å². The van der Waals surface area contributed by atoms with Crippen molar-refractivity contribution < 1.29 is 19.4 Å². The number of benzene rings is 1. The maximum absolute atomic E-state index is 12.3. The molecule has 1 rings (SSSR count). The Kier molecular flexibility index (Phi) is 6.03. The first-order chi connectivity index (χ1) is 9.47. The highest BCUT2D eigenvalue weighted by molar-refractivity contribution is 5.83. The SMILES string of the molecule is CCC(C)N(CC(=O)O)C(=O)Cc1cccc(OC)c1. The number of carboxylic acid groups (broad SMARTS) is 1. The molecule has 0 saturated heterocycles. The van der Waals surface area contributed by atoms with Crippen LogP contribution in [0.25, 0.3) is 0 Å². The lowest BCUT2D eigenvalue weighted by Crippen LogP contribution is -2.42. The topological polar surface area (TPSA) is 66.8 Å². The molecule has 0 fully saturated rings. The summed E-state index contributed by atoms with van der Waals surface area (Å²) in [6.45, 7) is 3.52. The third-order valence-corrected chi connectivity index (χ3v) is 3.24. The van der Waals surface area contributed by atoms with Crippen LogP contribution in [0.3, 0.4) is 0 Å². The number of rotatable bonds is 7. The molecule has 110 valence electrons. The van der Waals surface area contributed by atoms with Gasteiger partial charge in [-0.05, 0) is 31.0 Å². The van der Waals surface area contributed by atoms with Crippen molar-refractivity contribution in [1.82, 2.24) is 4.90 Å². The fraction of sp³-hybridized carbons (Fsp3) is 0.467. The molecule has 5 heteroatoms. The smallest absolute Gasteiger partial charge is 0.323 e. The summed E-state index contributed by atoms with van der Waals surface area (Å²) in [4.78, 5) is 24.5. The first-order valence-corrected chi connectivity index (χ1v) is 6.62. The molecular weight excluding hydrogens is 258 g/mol. The second-order valence-electron chi connectivity index (χ2n) is 4.70. The van der Waals surface area contributed by atoms with Crippen LogP contribution in [0.1, 0.15) is 25.8 Å². The zero-order chi connectivity index (χ0) is 15.1. The first-order valence-electron chi connectivity index (χ1n) is 6.62. The molecule has 0 aromatic heterocycles. The number of carbonyl (C=O) groups is 2. The number of nitrogens with zero attached hydrogens (tertiary/aromatic N) is 1. The second kappa shape index (κ2) is 7.53. The number of methoxy groups -OCH3 is 1. The van der Waals surface area contributed by atoms with Gasteiger partial charge in [0.1, 0.15) is 12.3 Å².